The highest BCUT2D eigenvalue weighted by atomic mass is 16.2. The molecule has 2 heterocycles. The lowest BCUT2D eigenvalue weighted by molar-refractivity contribution is -0.124. The highest BCUT2D eigenvalue weighted by Crippen LogP contribution is 2.17. The van der Waals surface area contributed by atoms with Crippen molar-refractivity contribution >= 4 is 5.91 Å². The van der Waals surface area contributed by atoms with Gasteiger partial charge in [0, 0.05) is 25.7 Å². The van der Waals surface area contributed by atoms with Gasteiger partial charge in [-0.05, 0) is 36.9 Å². The van der Waals surface area contributed by atoms with E-state index in [4.69, 9.17) is 0 Å². The minimum absolute atomic E-state index is 0.0795. The van der Waals surface area contributed by atoms with Crippen LogP contribution in [0.25, 0.3) is 0 Å². The first-order valence-corrected chi connectivity index (χ1v) is 8.09. The van der Waals surface area contributed by atoms with Crippen molar-refractivity contribution in [1.82, 2.24) is 15.5 Å². The van der Waals surface area contributed by atoms with Gasteiger partial charge in [-0.25, -0.2) is 0 Å². The molecule has 0 saturated carbocycles. The third kappa shape index (κ3) is 3.44. The quantitative estimate of drug-likeness (QED) is 0.881. The summed E-state index contributed by atoms with van der Waals surface area (Å²) in [6, 6.07) is 8.65. The van der Waals surface area contributed by atoms with Gasteiger partial charge in [-0.15, -0.1) is 0 Å². The van der Waals surface area contributed by atoms with Crippen molar-refractivity contribution in [3.05, 3.63) is 35.4 Å². The van der Waals surface area contributed by atoms with Crippen molar-refractivity contribution in [1.29, 1.82) is 0 Å². The average Bonchev–Trinajstić information content (AvgIpc) is 2.55. The number of likely N-dealkylation sites (tertiary alicyclic amines) is 1. The second kappa shape index (κ2) is 6.58. The Morgan fingerprint density at radius 3 is 2.71 bits per heavy atom. The molecule has 1 aromatic carbocycles. The van der Waals surface area contributed by atoms with Gasteiger partial charge >= 0.3 is 0 Å². The van der Waals surface area contributed by atoms with Crippen LogP contribution >= 0.6 is 0 Å². The van der Waals surface area contributed by atoms with Gasteiger partial charge in [0.15, 0.2) is 0 Å². The lowest BCUT2D eigenvalue weighted by Crippen LogP contribution is -2.52. The molecule has 114 valence electrons. The van der Waals surface area contributed by atoms with Crippen LogP contribution in [-0.2, 0) is 17.8 Å². The van der Waals surface area contributed by atoms with E-state index in [1.807, 2.05) is 0 Å². The molecule has 4 nitrogen and oxygen atoms in total. The lowest BCUT2D eigenvalue weighted by Gasteiger charge is -2.33. The van der Waals surface area contributed by atoms with Crippen molar-refractivity contribution in [2.45, 2.75) is 44.8 Å². The Hall–Kier alpha value is -1.39. The SMILES string of the molecule is CCN1CCC(NC(=O)C2Cc3ccccc3CN2)CC1. The molecule has 0 radical (unpaired) electrons. The fourth-order valence-electron chi connectivity index (χ4n) is 3.34. The fourth-order valence-corrected chi connectivity index (χ4v) is 3.34. The van der Waals surface area contributed by atoms with Crippen LogP contribution in [0.5, 0.6) is 0 Å². The van der Waals surface area contributed by atoms with E-state index in [1.165, 1.54) is 11.1 Å². The Labute approximate surface area is 126 Å². The number of benzene rings is 1. The summed E-state index contributed by atoms with van der Waals surface area (Å²) in [5.41, 5.74) is 2.62. The molecule has 2 N–H and O–H groups in total. The molecule has 3 rings (SSSR count). The summed E-state index contributed by atoms with van der Waals surface area (Å²) in [4.78, 5) is 14.9. The molecule has 1 unspecified atom stereocenters. The molecule has 0 aromatic heterocycles. The maximum Gasteiger partial charge on any atom is 0.237 e. The largest absolute Gasteiger partial charge is 0.352 e. The molecule has 0 spiro atoms. The highest BCUT2D eigenvalue weighted by molar-refractivity contribution is 5.82. The maximum atomic E-state index is 12.4. The molecule has 1 saturated heterocycles. The summed E-state index contributed by atoms with van der Waals surface area (Å²) in [5, 5.41) is 6.60. The summed E-state index contributed by atoms with van der Waals surface area (Å²) >= 11 is 0. The van der Waals surface area contributed by atoms with E-state index in [-0.39, 0.29) is 11.9 Å². The molecule has 2 aliphatic rings. The number of hydrogen-bond donors (Lipinski definition) is 2. The van der Waals surface area contributed by atoms with Crippen LogP contribution in [0.15, 0.2) is 24.3 Å². The molecule has 1 aromatic rings. The number of nitrogens with one attached hydrogen (secondary N) is 2. The zero-order chi connectivity index (χ0) is 14.7. The Morgan fingerprint density at radius 1 is 1.29 bits per heavy atom. The second-order valence-corrected chi connectivity index (χ2v) is 6.12. The maximum absolute atomic E-state index is 12.4. The minimum Gasteiger partial charge on any atom is -0.352 e. The van der Waals surface area contributed by atoms with Crippen LogP contribution in [0.3, 0.4) is 0 Å². The average molecular weight is 287 g/mol. The van der Waals surface area contributed by atoms with Crippen LogP contribution < -0.4 is 10.6 Å². The fraction of sp³-hybridized carbons (Fsp3) is 0.588. The Kier molecular flexibility index (Phi) is 4.56. The summed E-state index contributed by atoms with van der Waals surface area (Å²) in [6.45, 7) is 6.30. The van der Waals surface area contributed by atoms with Gasteiger partial charge in [-0.3, -0.25) is 4.79 Å². The van der Waals surface area contributed by atoms with E-state index in [0.29, 0.717) is 6.04 Å². The third-order valence-electron chi connectivity index (χ3n) is 4.78. The van der Waals surface area contributed by atoms with E-state index < -0.39 is 0 Å². The molecular formula is C17H25N3O. The molecular weight excluding hydrogens is 262 g/mol. The van der Waals surface area contributed by atoms with Gasteiger partial charge in [-0.1, -0.05) is 31.2 Å². The van der Waals surface area contributed by atoms with Crippen molar-refractivity contribution in [2.24, 2.45) is 0 Å². The predicted molar refractivity (Wildman–Crippen MR) is 84.1 cm³/mol. The van der Waals surface area contributed by atoms with Crippen molar-refractivity contribution in [3.63, 3.8) is 0 Å². The minimum atomic E-state index is -0.0795. The van der Waals surface area contributed by atoms with Crippen LogP contribution in [0.1, 0.15) is 30.9 Å². The summed E-state index contributed by atoms with van der Waals surface area (Å²) < 4.78 is 0. The molecule has 1 fully saturated rings. The molecule has 0 aliphatic carbocycles. The standard InChI is InChI=1S/C17H25N3O/c1-2-20-9-7-15(8-10-20)19-17(21)16-11-13-5-3-4-6-14(13)12-18-16/h3-6,15-16,18H,2,7-12H2,1H3,(H,19,21). The zero-order valence-corrected chi connectivity index (χ0v) is 12.8. The number of nitrogens with zero attached hydrogens (tertiary/aromatic N) is 1. The van der Waals surface area contributed by atoms with E-state index in [0.717, 1.165) is 45.4 Å². The van der Waals surface area contributed by atoms with Gasteiger partial charge in [0.05, 0.1) is 6.04 Å². The number of carbonyl (C=O) groups is 1. The lowest BCUT2D eigenvalue weighted by atomic mass is 9.95. The first kappa shape index (κ1) is 14.5. The third-order valence-corrected chi connectivity index (χ3v) is 4.78. The van der Waals surface area contributed by atoms with Crippen LogP contribution in [0, 0.1) is 0 Å². The Bertz CT molecular complexity index is 495. The molecule has 0 bridgehead atoms. The number of amides is 1. The van der Waals surface area contributed by atoms with Crippen LogP contribution in [0.2, 0.25) is 0 Å². The molecule has 4 heteroatoms. The smallest absolute Gasteiger partial charge is 0.237 e. The highest BCUT2D eigenvalue weighted by Gasteiger charge is 2.26. The van der Waals surface area contributed by atoms with E-state index in [2.05, 4.69) is 46.7 Å². The van der Waals surface area contributed by atoms with E-state index in [9.17, 15) is 4.79 Å². The normalized spacial score (nSPS) is 23.6. The number of piperidine rings is 1. The van der Waals surface area contributed by atoms with Gasteiger partial charge in [-0.2, -0.15) is 0 Å². The number of carbonyl (C=O) groups excluding carboxylic acids is 1. The summed E-state index contributed by atoms with van der Waals surface area (Å²) in [7, 11) is 0. The first-order valence-electron chi connectivity index (χ1n) is 8.09. The van der Waals surface area contributed by atoms with E-state index >= 15 is 0 Å². The number of hydrogen-bond acceptors (Lipinski definition) is 3. The van der Waals surface area contributed by atoms with Crippen molar-refractivity contribution < 1.29 is 4.79 Å². The van der Waals surface area contributed by atoms with Gasteiger partial charge < -0.3 is 15.5 Å². The monoisotopic (exact) mass is 287 g/mol. The molecule has 1 atom stereocenters. The van der Waals surface area contributed by atoms with Gasteiger partial charge in [0.1, 0.15) is 0 Å². The Morgan fingerprint density at radius 2 is 2.00 bits per heavy atom. The molecule has 21 heavy (non-hydrogen) atoms. The second-order valence-electron chi connectivity index (χ2n) is 6.12. The summed E-state index contributed by atoms with van der Waals surface area (Å²) in [5.74, 6) is 0.166. The predicted octanol–water partition coefficient (Wildman–Crippen LogP) is 1.30. The topological polar surface area (TPSA) is 44.4 Å². The molecule has 2 aliphatic heterocycles. The van der Waals surface area contributed by atoms with Gasteiger partial charge in [0.25, 0.3) is 0 Å². The Balaban J connectivity index is 1.53. The molecule has 1 amide bonds. The van der Waals surface area contributed by atoms with E-state index in [1.54, 1.807) is 0 Å². The summed E-state index contributed by atoms with van der Waals surface area (Å²) in [6.07, 6.45) is 2.95. The number of rotatable bonds is 3. The first-order chi connectivity index (χ1) is 10.3. The van der Waals surface area contributed by atoms with Crippen molar-refractivity contribution in [3.8, 4) is 0 Å². The van der Waals surface area contributed by atoms with Crippen LogP contribution in [0.4, 0.5) is 0 Å². The van der Waals surface area contributed by atoms with Crippen molar-refractivity contribution in [2.75, 3.05) is 19.6 Å². The van der Waals surface area contributed by atoms with Gasteiger partial charge in [0.2, 0.25) is 5.91 Å². The zero-order valence-electron chi connectivity index (χ0n) is 12.8. The van der Waals surface area contributed by atoms with Crippen LogP contribution in [-0.4, -0.2) is 42.5 Å². The number of fused-ring (bicyclic) bond motifs is 1.